The minimum atomic E-state index is -1.72. The smallest absolute Gasteiger partial charge is 0.226 e. The van der Waals surface area contributed by atoms with Gasteiger partial charge >= 0.3 is 0 Å². The van der Waals surface area contributed by atoms with Gasteiger partial charge in [0.25, 0.3) is 0 Å². The lowest BCUT2D eigenvalue weighted by molar-refractivity contribution is -0.252. The molecule has 0 amide bonds. The number of Topliss-reactive ketones (excluding diaryl/α,β-unsaturated/α-hetero) is 1. The number of aliphatic hydroxyl groups excluding tert-OH is 14. The van der Waals surface area contributed by atoms with Crippen molar-refractivity contribution in [1.82, 2.24) is 0 Å². The van der Waals surface area contributed by atoms with Gasteiger partial charge in [-0.15, -0.1) is 0 Å². The molecule has 3 rings (SSSR count). The fourth-order valence-electron chi connectivity index (χ4n) is 2.98. The highest BCUT2D eigenvalue weighted by atomic mass is 16.6. The molecule has 0 radical (unpaired) electrons. The summed E-state index contributed by atoms with van der Waals surface area (Å²) in [4.78, 5) is 58.9. The van der Waals surface area contributed by atoms with E-state index in [2.05, 4.69) is 13.9 Å². The van der Waals surface area contributed by atoms with Gasteiger partial charge in [0.15, 0.2) is 55.0 Å². The average Bonchev–Trinajstić information content (AvgIpc) is 3.84. The standard InChI is InChI=1S/2C5H10O5.3C5H8O4.C5H4O2.H2O/c6-2-1-10-5(9)4(8)3(2)7;6-1-3(8)5(10)4(9)2-7;6-3-5(8)1-4(7)2-9-5;2*6-2-4(8)1-5(9)3-7;6-4-5-2-1-3-7-5;/h2-9H,1H2;1,3-5,7-10H,2H2;3-4,7-8H,1-2H2;2,5,7,9H,1,3H2;1-2,5,7-9H,3H2;1-4H;1H2/b;;;;4-1-;;. The molecule has 25 heteroatoms. The number of furan rings is 1. The van der Waals surface area contributed by atoms with E-state index in [-0.39, 0.29) is 50.4 Å². The van der Waals surface area contributed by atoms with Gasteiger partial charge in [-0.05, 0) is 18.2 Å². The molecule has 2 saturated heterocycles. The van der Waals surface area contributed by atoms with E-state index in [1.165, 1.54) is 6.26 Å². The summed E-state index contributed by atoms with van der Waals surface area (Å²) >= 11 is 0. The maximum absolute atomic E-state index is 10.1. The van der Waals surface area contributed by atoms with E-state index in [1.807, 2.05) is 0 Å². The quantitative estimate of drug-likeness (QED) is 0.0380. The number of aliphatic hydroxyl groups is 15. The monoisotopic (exact) mass is 810 g/mol. The second-order valence-corrected chi connectivity index (χ2v) is 10.5. The van der Waals surface area contributed by atoms with Gasteiger partial charge in [0.2, 0.25) is 5.79 Å². The van der Waals surface area contributed by atoms with Crippen molar-refractivity contribution in [3.05, 3.63) is 36.0 Å². The SMILES string of the molecule is O.O=C/C(O)=C/C(O)CO.O=CC(=O)CC(O)CO.O=CC(O)C(O)C(O)CO.O=CC1(O)CC(O)CO1.O=Cc1ccco1.OC1COC(O)C(O)C1O. The molecular weight excluding hydrogens is 760 g/mol. The molecule has 0 aromatic carbocycles. The maximum Gasteiger partial charge on any atom is 0.226 e. The minimum Gasteiger partial charge on any atom is -0.505 e. The fourth-order valence-corrected chi connectivity index (χ4v) is 2.98. The summed E-state index contributed by atoms with van der Waals surface area (Å²) < 4.78 is 13.6. The minimum absolute atomic E-state index is 0. The molecule has 25 nitrogen and oxygen atoms in total. The van der Waals surface area contributed by atoms with Crippen LogP contribution in [0.2, 0.25) is 0 Å². The number of carbonyl (C=O) groups excluding carboxylic acids is 6. The first-order chi connectivity index (χ1) is 25.3. The van der Waals surface area contributed by atoms with Gasteiger partial charge in [0.05, 0.1) is 57.6 Å². The van der Waals surface area contributed by atoms with E-state index in [4.69, 9.17) is 76.6 Å². The van der Waals surface area contributed by atoms with E-state index in [1.54, 1.807) is 12.1 Å². The van der Waals surface area contributed by atoms with Crippen molar-refractivity contribution >= 4 is 37.2 Å². The summed E-state index contributed by atoms with van der Waals surface area (Å²) in [6.45, 7) is -1.79. The molecule has 0 spiro atoms. The molecule has 0 bridgehead atoms. The second kappa shape index (κ2) is 33.5. The molecular formula is C30H50O25. The molecule has 1 aromatic heterocycles. The molecule has 55 heavy (non-hydrogen) atoms. The van der Waals surface area contributed by atoms with Crippen LogP contribution in [0, 0.1) is 0 Å². The Morgan fingerprint density at radius 3 is 1.80 bits per heavy atom. The van der Waals surface area contributed by atoms with Gasteiger partial charge < -0.3 is 101 Å². The van der Waals surface area contributed by atoms with E-state index < -0.39 is 98.4 Å². The molecule has 3 heterocycles. The summed E-state index contributed by atoms with van der Waals surface area (Å²) in [7, 11) is 0. The first kappa shape index (κ1) is 57.9. The van der Waals surface area contributed by atoms with E-state index in [0.717, 1.165) is 6.08 Å². The van der Waals surface area contributed by atoms with E-state index in [0.29, 0.717) is 18.3 Å². The Morgan fingerprint density at radius 1 is 0.873 bits per heavy atom. The van der Waals surface area contributed by atoms with Crippen LogP contribution in [0.1, 0.15) is 23.4 Å². The lowest BCUT2D eigenvalue weighted by Crippen LogP contribution is -2.52. The lowest BCUT2D eigenvalue weighted by Gasteiger charge is -2.31. The summed E-state index contributed by atoms with van der Waals surface area (Å²) in [5, 5.41) is 129. The molecule has 2 fully saturated rings. The van der Waals surface area contributed by atoms with Crippen molar-refractivity contribution in [2.75, 3.05) is 33.0 Å². The Kier molecular flexibility index (Phi) is 35.2. The molecule has 2 aliphatic heterocycles. The molecule has 17 N–H and O–H groups in total. The third-order valence-electron chi connectivity index (χ3n) is 5.89. The van der Waals surface area contributed by atoms with Crippen LogP contribution < -0.4 is 0 Å². The van der Waals surface area contributed by atoms with E-state index >= 15 is 0 Å². The second-order valence-electron chi connectivity index (χ2n) is 10.5. The van der Waals surface area contributed by atoms with Crippen molar-refractivity contribution in [3.63, 3.8) is 0 Å². The van der Waals surface area contributed by atoms with Crippen LogP contribution in [-0.4, -0.2) is 219 Å². The zero-order valence-corrected chi connectivity index (χ0v) is 28.8. The van der Waals surface area contributed by atoms with Crippen LogP contribution in [0.15, 0.2) is 34.6 Å². The number of ketones is 1. The third kappa shape index (κ3) is 28.3. The van der Waals surface area contributed by atoms with Crippen LogP contribution in [0.5, 0.6) is 0 Å². The number of hydrogen-bond donors (Lipinski definition) is 15. The van der Waals surface area contributed by atoms with Crippen LogP contribution in [0.4, 0.5) is 0 Å². The van der Waals surface area contributed by atoms with Crippen molar-refractivity contribution in [2.45, 2.75) is 79.9 Å². The van der Waals surface area contributed by atoms with Gasteiger partial charge in [-0.1, -0.05) is 0 Å². The summed E-state index contributed by atoms with van der Waals surface area (Å²) in [6, 6.07) is 3.27. The van der Waals surface area contributed by atoms with Crippen LogP contribution >= 0.6 is 0 Å². The molecule has 11 unspecified atom stereocenters. The van der Waals surface area contributed by atoms with Gasteiger partial charge in [0, 0.05) is 12.8 Å². The predicted octanol–water partition coefficient (Wildman–Crippen LogP) is -8.92. The highest BCUT2D eigenvalue weighted by Crippen LogP contribution is 2.20. The summed E-state index contributed by atoms with van der Waals surface area (Å²) in [6.07, 6.45) is -9.55. The van der Waals surface area contributed by atoms with Gasteiger partial charge in [-0.2, -0.15) is 0 Å². The molecule has 11 atom stereocenters. The Morgan fingerprint density at radius 2 is 1.47 bits per heavy atom. The highest BCUT2D eigenvalue weighted by molar-refractivity contribution is 6.25. The van der Waals surface area contributed by atoms with Gasteiger partial charge in [-0.25, -0.2) is 0 Å². The number of aldehydes is 5. The first-order valence-corrected chi connectivity index (χ1v) is 15.1. The normalized spacial score (nSPS) is 25.2. The zero-order valence-electron chi connectivity index (χ0n) is 28.8. The fraction of sp³-hybridized carbons (Fsp3) is 0.600. The average molecular weight is 811 g/mol. The Labute approximate surface area is 311 Å². The van der Waals surface area contributed by atoms with Crippen LogP contribution in [0.3, 0.4) is 0 Å². The topological polar surface area (TPSA) is 469 Å². The Bertz CT molecular complexity index is 1170. The Hall–Kier alpha value is -3.84. The number of allylic oxidation sites excluding steroid dienone is 1. The molecule has 1 aromatic rings. The van der Waals surface area contributed by atoms with Crippen molar-refractivity contribution in [1.29, 1.82) is 0 Å². The van der Waals surface area contributed by atoms with Crippen LogP contribution in [-0.2, 0) is 33.4 Å². The van der Waals surface area contributed by atoms with Gasteiger partial charge in [0.1, 0.15) is 36.6 Å². The molecule has 0 saturated carbocycles. The molecule has 320 valence electrons. The molecule has 2 aliphatic rings. The summed E-state index contributed by atoms with van der Waals surface area (Å²) in [5.41, 5.74) is 0. The number of ether oxygens (including phenoxy) is 2. The van der Waals surface area contributed by atoms with Crippen molar-refractivity contribution in [2.24, 2.45) is 0 Å². The van der Waals surface area contributed by atoms with Crippen molar-refractivity contribution in [3.8, 4) is 0 Å². The number of carbonyl (C=O) groups is 6. The maximum atomic E-state index is 10.1. The first-order valence-electron chi connectivity index (χ1n) is 15.1. The number of hydrogen-bond acceptors (Lipinski definition) is 24. The van der Waals surface area contributed by atoms with E-state index in [9.17, 15) is 28.8 Å². The van der Waals surface area contributed by atoms with Crippen LogP contribution in [0.25, 0.3) is 0 Å². The predicted molar refractivity (Wildman–Crippen MR) is 175 cm³/mol. The largest absolute Gasteiger partial charge is 0.505 e. The number of rotatable bonds is 13. The third-order valence-corrected chi connectivity index (χ3v) is 5.89. The highest BCUT2D eigenvalue weighted by Gasteiger charge is 2.37. The van der Waals surface area contributed by atoms with Gasteiger partial charge in [-0.3, -0.25) is 24.0 Å². The lowest BCUT2D eigenvalue weighted by atomic mass is 10.1. The van der Waals surface area contributed by atoms with Crippen molar-refractivity contribution < 1.29 is 125 Å². The zero-order chi connectivity index (χ0) is 42.4. The molecule has 0 aliphatic carbocycles. The Balaban J connectivity index is -0.000000283. The summed E-state index contributed by atoms with van der Waals surface area (Å²) in [5.74, 6) is -2.62.